The molecule has 0 rings (SSSR count). The molecule has 88 valence electrons. The molecule has 1 heteroatoms. The summed E-state index contributed by atoms with van der Waals surface area (Å²) in [6, 6.07) is 0. The molecule has 0 fully saturated rings. The van der Waals surface area contributed by atoms with Crippen LogP contribution < -0.4 is 0 Å². The SMILES string of the molecule is C=C(C)C(C(C)O)C(C)(/C=C/C)C(C)C. The number of rotatable bonds is 5. The third-order valence-corrected chi connectivity index (χ3v) is 3.45. The quantitative estimate of drug-likeness (QED) is 0.684. The van der Waals surface area contributed by atoms with Gasteiger partial charge in [-0.05, 0) is 32.1 Å². The maximum absolute atomic E-state index is 9.90. The van der Waals surface area contributed by atoms with Gasteiger partial charge in [-0.1, -0.05) is 45.1 Å². The second kappa shape index (κ2) is 5.50. The number of hydrogen-bond donors (Lipinski definition) is 1. The molecule has 15 heavy (non-hydrogen) atoms. The van der Waals surface area contributed by atoms with Crippen molar-refractivity contribution < 1.29 is 5.11 Å². The Morgan fingerprint density at radius 2 is 1.80 bits per heavy atom. The summed E-state index contributed by atoms with van der Waals surface area (Å²) in [7, 11) is 0. The van der Waals surface area contributed by atoms with Crippen LogP contribution in [0.25, 0.3) is 0 Å². The molecule has 0 saturated carbocycles. The highest BCUT2D eigenvalue weighted by atomic mass is 16.3. The lowest BCUT2D eigenvalue weighted by Crippen LogP contribution is -2.38. The summed E-state index contributed by atoms with van der Waals surface area (Å²) >= 11 is 0. The molecule has 0 aliphatic carbocycles. The van der Waals surface area contributed by atoms with Crippen molar-refractivity contribution >= 4 is 0 Å². The monoisotopic (exact) mass is 210 g/mol. The Kier molecular flexibility index (Phi) is 5.30. The van der Waals surface area contributed by atoms with Crippen LogP contribution in [0.15, 0.2) is 24.3 Å². The van der Waals surface area contributed by atoms with Gasteiger partial charge in [-0.3, -0.25) is 0 Å². The molecule has 0 aromatic carbocycles. The fourth-order valence-corrected chi connectivity index (χ4v) is 2.48. The highest BCUT2D eigenvalue weighted by Gasteiger charge is 2.37. The molecule has 0 bridgehead atoms. The number of aliphatic hydroxyl groups is 1. The molecule has 0 heterocycles. The molecular weight excluding hydrogens is 184 g/mol. The van der Waals surface area contributed by atoms with Crippen LogP contribution in [0.3, 0.4) is 0 Å². The average molecular weight is 210 g/mol. The Morgan fingerprint density at radius 3 is 2.00 bits per heavy atom. The van der Waals surface area contributed by atoms with Crippen molar-refractivity contribution in [1.82, 2.24) is 0 Å². The summed E-state index contributed by atoms with van der Waals surface area (Å²) in [5, 5.41) is 9.90. The molecule has 0 aliphatic heterocycles. The Hall–Kier alpha value is -0.560. The molecule has 3 atom stereocenters. The fraction of sp³-hybridized carbons (Fsp3) is 0.714. The van der Waals surface area contributed by atoms with Crippen LogP contribution >= 0.6 is 0 Å². The summed E-state index contributed by atoms with van der Waals surface area (Å²) < 4.78 is 0. The molecule has 0 saturated heterocycles. The molecule has 1 N–H and O–H groups in total. The van der Waals surface area contributed by atoms with E-state index in [-0.39, 0.29) is 17.4 Å². The van der Waals surface area contributed by atoms with E-state index in [4.69, 9.17) is 0 Å². The van der Waals surface area contributed by atoms with Crippen molar-refractivity contribution in [2.75, 3.05) is 0 Å². The second-order valence-electron chi connectivity index (χ2n) is 5.09. The lowest BCUT2D eigenvalue weighted by atomic mass is 9.65. The molecule has 0 spiro atoms. The Morgan fingerprint density at radius 1 is 1.33 bits per heavy atom. The minimum atomic E-state index is -0.355. The van der Waals surface area contributed by atoms with E-state index in [1.54, 1.807) is 0 Å². The van der Waals surface area contributed by atoms with Gasteiger partial charge in [-0.15, -0.1) is 0 Å². The van der Waals surface area contributed by atoms with Gasteiger partial charge < -0.3 is 5.11 Å². The predicted octanol–water partition coefficient (Wildman–Crippen LogP) is 3.80. The minimum absolute atomic E-state index is 0.0191. The first-order chi connectivity index (χ1) is 6.77. The lowest BCUT2D eigenvalue weighted by Gasteiger charge is -2.41. The van der Waals surface area contributed by atoms with Gasteiger partial charge in [0.15, 0.2) is 0 Å². The zero-order valence-electron chi connectivity index (χ0n) is 11.0. The summed E-state index contributed by atoms with van der Waals surface area (Å²) in [5.41, 5.74) is 1.04. The van der Waals surface area contributed by atoms with Crippen LogP contribution in [0, 0.1) is 17.3 Å². The summed E-state index contributed by atoms with van der Waals surface area (Å²) in [6.07, 6.45) is 3.91. The molecule has 0 aliphatic rings. The smallest absolute Gasteiger partial charge is 0.0585 e. The molecule has 0 radical (unpaired) electrons. The maximum Gasteiger partial charge on any atom is 0.0585 e. The third-order valence-electron chi connectivity index (χ3n) is 3.45. The van der Waals surface area contributed by atoms with Crippen LogP contribution in [0.2, 0.25) is 0 Å². The summed E-state index contributed by atoms with van der Waals surface area (Å²) in [5.74, 6) is 0.596. The molecule has 0 amide bonds. The minimum Gasteiger partial charge on any atom is -0.393 e. The zero-order chi connectivity index (χ0) is 12.2. The van der Waals surface area contributed by atoms with Crippen LogP contribution in [0.1, 0.15) is 41.5 Å². The lowest BCUT2D eigenvalue weighted by molar-refractivity contribution is 0.0603. The van der Waals surface area contributed by atoms with Crippen LogP contribution in [0.4, 0.5) is 0 Å². The van der Waals surface area contributed by atoms with Crippen LogP contribution in [-0.2, 0) is 0 Å². The highest BCUT2D eigenvalue weighted by Crippen LogP contribution is 2.42. The van der Waals surface area contributed by atoms with Crippen molar-refractivity contribution in [2.24, 2.45) is 17.3 Å². The second-order valence-corrected chi connectivity index (χ2v) is 5.09. The van der Waals surface area contributed by atoms with Gasteiger partial charge in [0.1, 0.15) is 0 Å². The number of hydrogen-bond acceptors (Lipinski definition) is 1. The van der Waals surface area contributed by atoms with Gasteiger partial charge >= 0.3 is 0 Å². The highest BCUT2D eigenvalue weighted by molar-refractivity contribution is 5.13. The Balaban J connectivity index is 5.28. The average Bonchev–Trinajstić information content (AvgIpc) is 2.02. The van der Waals surface area contributed by atoms with E-state index >= 15 is 0 Å². The van der Waals surface area contributed by atoms with Crippen molar-refractivity contribution in [3.8, 4) is 0 Å². The normalized spacial score (nSPS) is 20.3. The van der Waals surface area contributed by atoms with Crippen LogP contribution in [0.5, 0.6) is 0 Å². The first kappa shape index (κ1) is 14.4. The van der Waals surface area contributed by atoms with E-state index in [9.17, 15) is 5.11 Å². The first-order valence-electron chi connectivity index (χ1n) is 5.74. The van der Waals surface area contributed by atoms with Crippen molar-refractivity contribution in [3.63, 3.8) is 0 Å². The van der Waals surface area contributed by atoms with Crippen LogP contribution in [-0.4, -0.2) is 11.2 Å². The number of aliphatic hydroxyl groups excluding tert-OH is 1. The Labute approximate surface area is 94.9 Å². The molecular formula is C14H26O. The van der Waals surface area contributed by atoms with Gasteiger partial charge in [-0.2, -0.15) is 0 Å². The number of allylic oxidation sites excluding steroid dienone is 2. The van der Waals surface area contributed by atoms with E-state index in [0.717, 1.165) is 5.57 Å². The van der Waals surface area contributed by atoms with E-state index in [1.165, 1.54) is 0 Å². The van der Waals surface area contributed by atoms with E-state index in [2.05, 4.69) is 39.5 Å². The molecule has 0 aromatic heterocycles. The fourth-order valence-electron chi connectivity index (χ4n) is 2.48. The van der Waals surface area contributed by atoms with Gasteiger partial charge in [-0.25, -0.2) is 0 Å². The van der Waals surface area contributed by atoms with Crippen molar-refractivity contribution in [3.05, 3.63) is 24.3 Å². The summed E-state index contributed by atoms with van der Waals surface area (Å²) in [6.45, 7) is 16.5. The van der Waals surface area contributed by atoms with Crippen molar-refractivity contribution in [1.29, 1.82) is 0 Å². The molecule has 0 aromatic rings. The van der Waals surface area contributed by atoms with E-state index in [1.807, 2.05) is 20.8 Å². The van der Waals surface area contributed by atoms with Gasteiger partial charge in [0.2, 0.25) is 0 Å². The zero-order valence-corrected chi connectivity index (χ0v) is 11.0. The van der Waals surface area contributed by atoms with E-state index in [0.29, 0.717) is 5.92 Å². The van der Waals surface area contributed by atoms with E-state index < -0.39 is 0 Å². The largest absolute Gasteiger partial charge is 0.393 e. The summed E-state index contributed by atoms with van der Waals surface area (Å²) in [4.78, 5) is 0. The maximum atomic E-state index is 9.90. The standard InChI is InChI=1S/C14H26O/c1-8-9-14(7,11(4)5)13(10(2)3)12(6)15/h8-9,11-13,15H,2H2,1,3-7H3/b9-8+. The first-order valence-corrected chi connectivity index (χ1v) is 5.74. The molecule has 3 unspecified atom stereocenters. The third kappa shape index (κ3) is 3.20. The Bertz CT molecular complexity index is 238. The molecule has 1 nitrogen and oxygen atoms in total. The van der Waals surface area contributed by atoms with Gasteiger partial charge in [0, 0.05) is 5.92 Å². The van der Waals surface area contributed by atoms with Gasteiger partial charge in [0.25, 0.3) is 0 Å². The topological polar surface area (TPSA) is 20.2 Å². The van der Waals surface area contributed by atoms with Crippen molar-refractivity contribution in [2.45, 2.75) is 47.6 Å². The van der Waals surface area contributed by atoms with Gasteiger partial charge in [0.05, 0.1) is 6.10 Å². The predicted molar refractivity (Wildman–Crippen MR) is 67.7 cm³/mol.